The average Bonchev–Trinajstić information content (AvgIpc) is 3.04. The van der Waals surface area contributed by atoms with E-state index in [4.69, 9.17) is 5.73 Å². The summed E-state index contributed by atoms with van der Waals surface area (Å²) in [5, 5.41) is 0. The number of hydrogen-bond donors (Lipinski definition) is 2. The van der Waals surface area contributed by atoms with E-state index in [9.17, 15) is 14.4 Å². The first-order valence-corrected chi connectivity index (χ1v) is 10.7. The molecule has 1 amide bonds. The van der Waals surface area contributed by atoms with Crippen molar-refractivity contribution in [3.05, 3.63) is 42.2 Å². The van der Waals surface area contributed by atoms with Crippen LogP contribution in [-0.2, 0) is 13.0 Å². The molecule has 0 atom stereocenters. The SMILES string of the molecule is CCCCN(C(=O)c1cc(CC)c(C)s1)c1c(N)n(CCCC)c(=O)[nH]c1=O. The first kappa shape index (κ1) is 21.9. The molecular formula is C20H30N4O3S. The zero-order valence-electron chi connectivity index (χ0n) is 17.1. The number of H-pyrrole nitrogens is 1. The van der Waals surface area contributed by atoms with E-state index >= 15 is 0 Å². The fraction of sp³-hybridized carbons (Fsp3) is 0.550. The molecule has 2 aromatic rings. The van der Waals surface area contributed by atoms with Gasteiger partial charge in [-0.2, -0.15) is 0 Å². The van der Waals surface area contributed by atoms with Gasteiger partial charge in [-0.15, -0.1) is 11.3 Å². The molecule has 0 saturated heterocycles. The molecule has 7 nitrogen and oxygen atoms in total. The van der Waals surface area contributed by atoms with Gasteiger partial charge in [-0.25, -0.2) is 4.79 Å². The van der Waals surface area contributed by atoms with Crippen LogP contribution < -0.4 is 21.9 Å². The molecule has 0 aliphatic heterocycles. The van der Waals surface area contributed by atoms with Crippen LogP contribution in [-0.4, -0.2) is 22.0 Å². The minimum Gasteiger partial charge on any atom is -0.383 e. The lowest BCUT2D eigenvalue weighted by Crippen LogP contribution is -2.41. The zero-order chi connectivity index (χ0) is 20.8. The number of hydrogen-bond acceptors (Lipinski definition) is 5. The normalized spacial score (nSPS) is 11.0. The van der Waals surface area contributed by atoms with Crippen molar-refractivity contribution < 1.29 is 4.79 Å². The van der Waals surface area contributed by atoms with Crippen LogP contribution in [0.3, 0.4) is 0 Å². The first-order chi connectivity index (χ1) is 13.3. The summed E-state index contributed by atoms with van der Waals surface area (Å²) in [6, 6.07) is 1.89. The summed E-state index contributed by atoms with van der Waals surface area (Å²) in [4.78, 5) is 43.5. The van der Waals surface area contributed by atoms with Crippen LogP contribution in [0.4, 0.5) is 11.5 Å². The lowest BCUT2D eigenvalue weighted by atomic mass is 10.2. The van der Waals surface area contributed by atoms with E-state index in [1.807, 2.05) is 33.8 Å². The topological polar surface area (TPSA) is 101 Å². The Morgan fingerprint density at radius 1 is 1.21 bits per heavy atom. The predicted octanol–water partition coefficient (Wildman–Crippen LogP) is 3.30. The maximum atomic E-state index is 13.3. The molecule has 0 radical (unpaired) electrons. The van der Waals surface area contributed by atoms with E-state index in [1.54, 1.807) is 0 Å². The summed E-state index contributed by atoms with van der Waals surface area (Å²) in [7, 11) is 0. The van der Waals surface area contributed by atoms with E-state index in [2.05, 4.69) is 4.98 Å². The molecule has 28 heavy (non-hydrogen) atoms. The molecule has 2 aromatic heterocycles. The van der Waals surface area contributed by atoms with Crippen LogP contribution in [0.2, 0.25) is 0 Å². The maximum absolute atomic E-state index is 13.3. The summed E-state index contributed by atoms with van der Waals surface area (Å²) < 4.78 is 1.35. The molecule has 0 aliphatic rings. The molecule has 0 unspecified atom stereocenters. The first-order valence-electron chi connectivity index (χ1n) is 9.89. The van der Waals surface area contributed by atoms with Crippen molar-refractivity contribution in [2.45, 2.75) is 66.3 Å². The number of nitrogens with two attached hydrogens (primary N) is 1. The Morgan fingerprint density at radius 3 is 2.46 bits per heavy atom. The fourth-order valence-corrected chi connectivity index (χ4v) is 4.18. The highest BCUT2D eigenvalue weighted by Crippen LogP contribution is 2.26. The van der Waals surface area contributed by atoms with Gasteiger partial charge in [0.05, 0.1) is 4.88 Å². The Kier molecular flexibility index (Phi) is 7.62. The van der Waals surface area contributed by atoms with Crippen LogP contribution in [0.1, 0.15) is 66.6 Å². The molecule has 2 rings (SSSR count). The third-order valence-corrected chi connectivity index (χ3v) is 5.89. The van der Waals surface area contributed by atoms with Gasteiger partial charge in [0.1, 0.15) is 5.82 Å². The quantitative estimate of drug-likeness (QED) is 0.667. The number of unbranched alkanes of at least 4 members (excludes halogenated alkanes) is 2. The third kappa shape index (κ3) is 4.55. The monoisotopic (exact) mass is 406 g/mol. The fourth-order valence-electron chi connectivity index (χ4n) is 3.12. The van der Waals surface area contributed by atoms with Crippen LogP contribution in [0, 0.1) is 6.92 Å². The van der Waals surface area contributed by atoms with Gasteiger partial charge in [0.15, 0.2) is 5.69 Å². The van der Waals surface area contributed by atoms with E-state index in [1.165, 1.54) is 20.8 Å². The minimum absolute atomic E-state index is 0.0515. The lowest BCUT2D eigenvalue weighted by Gasteiger charge is -2.24. The lowest BCUT2D eigenvalue weighted by molar-refractivity contribution is 0.0990. The minimum atomic E-state index is -0.622. The number of aryl methyl sites for hydroxylation is 2. The molecular weight excluding hydrogens is 376 g/mol. The highest BCUT2D eigenvalue weighted by atomic mass is 32.1. The predicted molar refractivity (Wildman–Crippen MR) is 116 cm³/mol. The van der Waals surface area contributed by atoms with Gasteiger partial charge in [0, 0.05) is 18.0 Å². The Labute approximate surface area is 169 Å². The Bertz CT molecular complexity index is 942. The van der Waals surface area contributed by atoms with Crippen molar-refractivity contribution in [2.24, 2.45) is 0 Å². The summed E-state index contributed by atoms with van der Waals surface area (Å²) in [5.74, 6) is -0.199. The van der Waals surface area contributed by atoms with Crippen molar-refractivity contribution >= 4 is 28.7 Å². The average molecular weight is 407 g/mol. The Balaban J connectivity index is 2.57. The smallest absolute Gasteiger partial charge is 0.330 e. The number of thiophene rings is 1. The summed E-state index contributed by atoms with van der Waals surface area (Å²) >= 11 is 1.42. The Morgan fingerprint density at radius 2 is 1.89 bits per heavy atom. The van der Waals surface area contributed by atoms with Gasteiger partial charge >= 0.3 is 5.69 Å². The number of amides is 1. The highest BCUT2D eigenvalue weighted by Gasteiger charge is 2.26. The van der Waals surface area contributed by atoms with Crippen LogP contribution in [0.15, 0.2) is 15.7 Å². The number of rotatable bonds is 9. The van der Waals surface area contributed by atoms with Gasteiger partial charge in [-0.3, -0.25) is 24.0 Å². The Hall–Kier alpha value is -2.35. The molecule has 2 heterocycles. The van der Waals surface area contributed by atoms with Gasteiger partial charge < -0.3 is 5.73 Å². The summed E-state index contributed by atoms with van der Waals surface area (Å²) in [6.07, 6.45) is 4.06. The number of aromatic nitrogens is 2. The van der Waals surface area contributed by atoms with Crippen molar-refractivity contribution in [2.75, 3.05) is 17.2 Å². The number of anilines is 2. The van der Waals surface area contributed by atoms with Crippen LogP contribution in [0.25, 0.3) is 0 Å². The number of aromatic amines is 1. The molecule has 3 N–H and O–H groups in total. The van der Waals surface area contributed by atoms with Crippen molar-refractivity contribution in [3.8, 4) is 0 Å². The summed E-state index contributed by atoms with van der Waals surface area (Å²) in [5.41, 5.74) is 6.26. The molecule has 0 fully saturated rings. The molecule has 0 bridgehead atoms. The second-order valence-electron chi connectivity index (χ2n) is 6.85. The van der Waals surface area contributed by atoms with Crippen LogP contribution >= 0.6 is 11.3 Å². The molecule has 154 valence electrons. The molecule has 0 aromatic carbocycles. The van der Waals surface area contributed by atoms with Crippen LogP contribution in [0.5, 0.6) is 0 Å². The van der Waals surface area contributed by atoms with E-state index in [-0.39, 0.29) is 17.4 Å². The van der Waals surface area contributed by atoms with Crippen molar-refractivity contribution in [1.82, 2.24) is 9.55 Å². The van der Waals surface area contributed by atoms with Crippen molar-refractivity contribution in [1.29, 1.82) is 0 Å². The van der Waals surface area contributed by atoms with E-state index in [0.29, 0.717) is 18.0 Å². The van der Waals surface area contributed by atoms with Crippen molar-refractivity contribution in [3.63, 3.8) is 0 Å². The third-order valence-electron chi connectivity index (χ3n) is 4.81. The van der Waals surface area contributed by atoms with Gasteiger partial charge in [-0.1, -0.05) is 33.6 Å². The molecule has 0 aliphatic carbocycles. The second kappa shape index (κ2) is 9.73. The number of carbonyl (C=O) groups excluding carboxylic acids is 1. The number of nitrogens with one attached hydrogen (secondary N) is 1. The molecule has 0 spiro atoms. The molecule has 0 saturated carbocycles. The van der Waals surface area contributed by atoms with Gasteiger partial charge in [0.25, 0.3) is 11.5 Å². The summed E-state index contributed by atoms with van der Waals surface area (Å²) in [6.45, 7) is 8.83. The standard InChI is InChI=1S/C20H30N4O3S/c1-5-8-10-23(19(26)15-12-14(7-3)13(4)28-15)16-17(21)24(11-9-6-2)20(27)22-18(16)25/h12H,5-11,21H2,1-4H3,(H,22,25,27). The largest absolute Gasteiger partial charge is 0.383 e. The number of nitrogens with zero attached hydrogens (tertiary/aromatic N) is 2. The second-order valence-corrected chi connectivity index (χ2v) is 8.11. The van der Waals surface area contributed by atoms with Gasteiger partial charge in [0.2, 0.25) is 0 Å². The maximum Gasteiger partial charge on any atom is 0.330 e. The number of nitrogen functional groups attached to an aromatic ring is 1. The van der Waals surface area contributed by atoms with E-state index in [0.717, 1.165) is 42.5 Å². The van der Waals surface area contributed by atoms with Gasteiger partial charge in [-0.05, 0) is 37.8 Å². The molecule has 8 heteroatoms. The zero-order valence-corrected chi connectivity index (χ0v) is 17.9. The highest BCUT2D eigenvalue weighted by molar-refractivity contribution is 7.14. The van der Waals surface area contributed by atoms with E-state index < -0.39 is 11.2 Å². The number of carbonyl (C=O) groups is 1.